The molecule has 0 amide bonds. The zero-order valence-corrected chi connectivity index (χ0v) is 22.8. The van der Waals surface area contributed by atoms with Gasteiger partial charge in [0.15, 0.2) is 11.5 Å². The van der Waals surface area contributed by atoms with Crippen LogP contribution < -0.4 is 9.47 Å². The average molecular weight is 538 g/mol. The summed E-state index contributed by atoms with van der Waals surface area (Å²) in [6, 6.07) is 7.25. The minimum absolute atomic E-state index is 0.0677. The molecule has 4 unspecified atom stereocenters. The zero-order chi connectivity index (χ0) is 25.1. The molecule has 0 saturated carbocycles. The normalized spacial score (nSPS) is 15.6. The van der Waals surface area contributed by atoms with E-state index in [2.05, 4.69) is 0 Å². The lowest BCUT2D eigenvalue weighted by Gasteiger charge is -2.28. The van der Waals surface area contributed by atoms with E-state index in [-0.39, 0.29) is 11.8 Å². The summed E-state index contributed by atoms with van der Waals surface area (Å²) in [5.74, 6) is 0.638. The molecule has 0 fully saturated rings. The highest BCUT2D eigenvalue weighted by Gasteiger charge is 2.28. The van der Waals surface area contributed by atoms with E-state index < -0.39 is 17.6 Å². The third kappa shape index (κ3) is 7.06. The monoisotopic (exact) mass is 536 g/mol. The van der Waals surface area contributed by atoms with E-state index >= 15 is 0 Å². The maximum atomic E-state index is 9.68. The van der Waals surface area contributed by atoms with Crippen LogP contribution in [0.2, 0.25) is 20.1 Å². The molecule has 4 nitrogen and oxygen atoms in total. The van der Waals surface area contributed by atoms with Gasteiger partial charge in [-0.25, -0.2) is 0 Å². The summed E-state index contributed by atoms with van der Waals surface area (Å²) in [7, 11) is 0. The van der Waals surface area contributed by atoms with Crippen LogP contribution in [0.15, 0.2) is 24.3 Å². The lowest BCUT2D eigenvalue weighted by atomic mass is 9.78. The van der Waals surface area contributed by atoms with Gasteiger partial charge in [-0.3, -0.25) is 0 Å². The highest BCUT2D eigenvalue weighted by atomic mass is 35.5. The van der Waals surface area contributed by atoms with Gasteiger partial charge in [0.25, 0.3) is 0 Å². The van der Waals surface area contributed by atoms with Crippen LogP contribution in [0, 0.1) is 11.8 Å². The maximum Gasteiger partial charge on any atom is 0.156 e. The van der Waals surface area contributed by atoms with Crippen molar-refractivity contribution in [1.82, 2.24) is 0 Å². The molecule has 4 atom stereocenters. The van der Waals surface area contributed by atoms with Crippen LogP contribution in [0.1, 0.15) is 52.7 Å². The van der Waals surface area contributed by atoms with Crippen molar-refractivity contribution >= 4 is 46.4 Å². The molecule has 2 aromatic carbocycles. The van der Waals surface area contributed by atoms with E-state index in [1.165, 1.54) is 0 Å². The van der Waals surface area contributed by atoms with Crippen molar-refractivity contribution in [1.29, 1.82) is 0 Å². The second-order valence-corrected chi connectivity index (χ2v) is 10.8. The Morgan fingerprint density at radius 2 is 0.939 bits per heavy atom. The number of rotatable bonds is 10. The van der Waals surface area contributed by atoms with Gasteiger partial charge in [-0.05, 0) is 49.2 Å². The van der Waals surface area contributed by atoms with E-state index in [0.29, 0.717) is 44.8 Å². The SMILES string of the molecule is CC(O)C(C)COc1c(Cl)cc(C(C)(C)c2cc(Cl)c(OCC(C)C(C)O)c(Cl)c2)cc1Cl. The van der Waals surface area contributed by atoms with E-state index in [4.69, 9.17) is 55.9 Å². The van der Waals surface area contributed by atoms with Gasteiger partial charge in [-0.1, -0.05) is 74.1 Å². The molecule has 0 aromatic heterocycles. The highest BCUT2D eigenvalue weighted by molar-refractivity contribution is 6.38. The van der Waals surface area contributed by atoms with Crippen molar-refractivity contribution in [3.63, 3.8) is 0 Å². The number of benzene rings is 2. The molecule has 0 radical (unpaired) electrons. The Morgan fingerprint density at radius 1 is 0.667 bits per heavy atom. The number of hydrogen-bond donors (Lipinski definition) is 2. The summed E-state index contributed by atoms with van der Waals surface area (Å²) >= 11 is 26.0. The Kier molecular flexibility index (Phi) is 10.1. The van der Waals surface area contributed by atoms with Crippen LogP contribution in [-0.4, -0.2) is 35.6 Å². The van der Waals surface area contributed by atoms with Gasteiger partial charge >= 0.3 is 0 Å². The minimum Gasteiger partial charge on any atom is -0.490 e. The molecular weight excluding hydrogens is 506 g/mol. The Balaban J connectivity index is 2.32. The standard InChI is InChI=1S/C25H32Cl4O4/c1-13(15(3)30)11-32-23-19(26)7-17(8-20(23)27)25(5,6)18-9-21(28)24(22(29)10-18)33-12-14(2)16(4)31/h7-10,13-16,30-31H,11-12H2,1-6H3. The van der Waals surface area contributed by atoms with Gasteiger partial charge in [0.1, 0.15) is 0 Å². The van der Waals surface area contributed by atoms with Crippen LogP contribution in [-0.2, 0) is 5.41 Å². The van der Waals surface area contributed by atoms with Gasteiger partial charge in [-0.15, -0.1) is 0 Å². The number of hydrogen-bond acceptors (Lipinski definition) is 4. The molecule has 0 spiro atoms. The summed E-state index contributed by atoms with van der Waals surface area (Å²) < 4.78 is 11.6. The fourth-order valence-electron chi connectivity index (χ4n) is 2.99. The largest absolute Gasteiger partial charge is 0.490 e. The fraction of sp³-hybridized carbons (Fsp3) is 0.520. The molecule has 2 N–H and O–H groups in total. The van der Waals surface area contributed by atoms with Crippen molar-refractivity contribution in [3.8, 4) is 11.5 Å². The van der Waals surface area contributed by atoms with Crippen LogP contribution in [0.25, 0.3) is 0 Å². The second-order valence-electron chi connectivity index (χ2n) is 9.22. The molecule has 0 aliphatic heterocycles. The summed E-state index contributed by atoms with van der Waals surface area (Å²) in [5, 5.41) is 20.9. The smallest absolute Gasteiger partial charge is 0.156 e. The molecule has 0 bridgehead atoms. The molecule has 0 heterocycles. The van der Waals surface area contributed by atoms with E-state index in [9.17, 15) is 10.2 Å². The summed E-state index contributed by atoms with van der Waals surface area (Å²) in [6.07, 6.45) is -1.00. The fourth-order valence-corrected chi connectivity index (χ4v) is 4.18. The number of aliphatic hydroxyl groups is 2. The van der Waals surface area contributed by atoms with Crippen molar-refractivity contribution in [2.24, 2.45) is 11.8 Å². The maximum absolute atomic E-state index is 9.68. The van der Waals surface area contributed by atoms with Crippen LogP contribution in [0.5, 0.6) is 11.5 Å². The van der Waals surface area contributed by atoms with Gasteiger partial charge in [0, 0.05) is 17.3 Å². The molecule has 0 saturated heterocycles. The predicted octanol–water partition coefficient (Wildman–Crippen LogP) is 7.42. The van der Waals surface area contributed by atoms with Gasteiger partial charge in [0.2, 0.25) is 0 Å². The van der Waals surface area contributed by atoms with E-state index in [1.54, 1.807) is 13.8 Å². The molecule has 184 valence electrons. The van der Waals surface area contributed by atoms with Gasteiger partial charge in [0.05, 0.1) is 45.5 Å². The second kappa shape index (κ2) is 11.7. The van der Waals surface area contributed by atoms with E-state index in [0.717, 1.165) is 11.1 Å². The van der Waals surface area contributed by atoms with Crippen molar-refractivity contribution in [3.05, 3.63) is 55.5 Å². The molecule has 0 aliphatic carbocycles. The quantitative estimate of drug-likeness (QED) is 0.331. The Hall–Kier alpha value is -0.880. The first kappa shape index (κ1) is 28.4. The third-order valence-electron chi connectivity index (χ3n) is 6.07. The summed E-state index contributed by atoms with van der Waals surface area (Å²) in [5.41, 5.74) is 1.19. The van der Waals surface area contributed by atoms with Crippen LogP contribution >= 0.6 is 46.4 Å². The molecule has 2 aromatic rings. The summed E-state index contributed by atoms with van der Waals surface area (Å²) in [6.45, 7) is 11.8. The number of aliphatic hydroxyl groups excluding tert-OH is 2. The molecule has 0 aliphatic rings. The van der Waals surface area contributed by atoms with Gasteiger partial charge in [-0.2, -0.15) is 0 Å². The zero-order valence-electron chi connectivity index (χ0n) is 19.8. The minimum atomic E-state index is -0.530. The van der Waals surface area contributed by atoms with Gasteiger partial charge < -0.3 is 19.7 Å². The molecule has 2 rings (SSSR count). The van der Waals surface area contributed by atoms with Crippen molar-refractivity contribution in [2.45, 2.75) is 59.2 Å². The van der Waals surface area contributed by atoms with Crippen LogP contribution in [0.3, 0.4) is 0 Å². The van der Waals surface area contributed by atoms with E-state index in [1.807, 2.05) is 52.0 Å². The third-order valence-corrected chi connectivity index (χ3v) is 7.19. The lowest BCUT2D eigenvalue weighted by Crippen LogP contribution is -2.22. The number of halogens is 4. The summed E-state index contributed by atoms with van der Waals surface area (Å²) in [4.78, 5) is 0. The first-order valence-electron chi connectivity index (χ1n) is 10.9. The Labute approximate surface area is 216 Å². The lowest BCUT2D eigenvalue weighted by molar-refractivity contribution is 0.0989. The number of ether oxygens (including phenoxy) is 2. The topological polar surface area (TPSA) is 58.9 Å². The van der Waals surface area contributed by atoms with Crippen LogP contribution in [0.4, 0.5) is 0 Å². The highest BCUT2D eigenvalue weighted by Crippen LogP contribution is 2.44. The predicted molar refractivity (Wildman–Crippen MR) is 138 cm³/mol. The first-order chi connectivity index (χ1) is 15.2. The average Bonchev–Trinajstić information content (AvgIpc) is 2.71. The molecule has 8 heteroatoms. The molecular formula is C25H32Cl4O4. The Morgan fingerprint density at radius 3 is 1.18 bits per heavy atom. The Bertz CT molecular complexity index is 838. The van der Waals surface area contributed by atoms with Crippen molar-refractivity contribution in [2.75, 3.05) is 13.2 Å². The van der Waals surface area contributed by atoms with Crippen molar-refractivity contribution < 1.29 is 19.7 Å². The first-order valence-corrected chi connectivity index (χ1v) is 12.4. The molecule has 33 heavy (non-hydrogen) atoms.